The molecule has 27 heavy (non-hydrogen) atoms. The number of benzene rings is 2. The standard InChI is InChI=1S/C20H25FN4O.HI/c1-3-5-19(26)25-18-10-8-15(9-11-18)13-23-20(22-2)24-14-16-6-4-7-17(21)12-16;/h4,6-12H,3,5,13-14H2,1-2H3,(H,25,26)(H2,22,23,24);1H. The zero-order valence-corrected chi connectivity index (χ0v) is 17.9. The van der Waals surface area contributed by atoms with E-state index >= 15 is 0 Å². The molecule has 0 aromatic heterocycles. The fourth-order valence-corrected chi connectivity index (χ4v) is 2.40. The van der Waals surface area contributed by atoms with Gasteiger partial charge in [-0.1, -0.05) is 31.2 Å². The van der Waals surface area contributed by atoms with Crippen molar-refractivity contribution in [3.8, 4) is 0 Å². The van der Waals surface area contributed by atoms with Gasteiger partial charge in [0.2, 0.25) is 5.91 Å². The molecule has 0 saturated carbocycles. The van der Waals surface area contributed by atoms with E-state index < -0.39 is 0 Å². The lowest BCUT2D eigenvalue weighted by molar-refractivity contribution is -0.116. The third-order valence-electron chi connectivity index (χ3n) is 3.75. The van der Waals surface area contributed by atoms with Gasteiger partial charge in [0.15, 0.2) is 5.96 Å². The summed E-state index contributed by atoms with van der Waals surface area (Å²) in [5, 5.41) is 9.22. The molecule has 146 valence electrons. The molecule has 0 atom stereocenters. The first-order chi connectivity index (χ1) is 12.6. The molecule has 7 heteroatoms. The molecule has 0 aliphatic carbocycles. The average molecular weight is 484 g/mol. The van der Waals surface area contributed by atoms with Crippen LogP contribution in [-0.2, 0) is 17.9 Å². The van der Waals surface area contributed by atoms with E-state index in [1.807, 2.05) is 37.3 Å². The minimum Gasteiger partial charge on any atom is -0.352 e. The number of hydrogen-bond acceptors (Lipinski definition) is 2. The molecule has 0 spiro atoms. The SMILES string of the molecule is CCCC(=O)Nc1ccc(CNC(=NC)NCc2cccc(F)c2)cc1.I. The maximum absolute atomic E-state index is 13.2. The third kappa shape index (κ3) is 8.38. The van der Waals surface area contributed by atoms with Gasteiger partial charge < -0.3 is 16.0 Å². The van der Waals surface area contributed by atoms with E-state index in [1.165, 1.54) is 12.1 Å². The van der Waals surface area contributed by atoms with E-state index in [2.05, 4.69) is 20.9 Å². The summed E-state index contributed by atoms with van der Waals surface area (Å²) in [6.45, 7) is 3.05. The summed E-state index contributed by atoms with van der Waals surface area (Å²) in [4.78, 5) is 15.8. The Kier molecular flexibility index (Phi) is 10.4. The van der Waals surface area contributed by atoms with Crippen molar-refractivity contribution in [2.45, 2.75) is 32.9 Å². The van der Waals surface area contributed by atoms with E-state index in [-0.39, 0.29) is 35.7 Å². The number of anilines is 1. The Morgan fingerprint density at radius 1 is 1.04 bits per heavy atom. The fourth-order valence-electron chi connectivity index (χ4n) is 2.40. The minimum atomic E-state index is -0.252. The van der Waals surface area contributed by atoms with Crippen molar-refractivity contribution in [3.63, 3.8) is 0 Å². The fraction of sp³-hybridized carbons (Fsp3) is 0.300. The van der Waals surface area contributed by atoms with Crippen LogP contribution in [-0.4, -0.2) is 18.9 Å². The molecule has 0 heterocycles. The Balaban J connectivity index is 0.00000364. The number of guanidine groups is 1. The topological polar surface area (TPSA) is 65.5 Å². The predicted octanol–water partition coefficient (Wildman–Crippen LogP) is 4.05. The molecule has 0 radical (unpaired) electrons. The molecule has 2 aromatic carbocycles. The van der Waals surface area contributed by atoms with Crippen LogP contribution in [0.3, 0.4) is 0 Å². The van der Waals surface area contributed by atoms with Gasteiger partial charge in [-0.2, -0.15) is 0 Å². The molecular weight excluding hydrogens is 458 g/mol. The van der Waals surface area contributed by atoms with E-state index in [4.69, 9.17) is 0 Å². The molecule has 1 amide bonds. The Bertz CT molecular complexity index is 750. The van der Waals surface area contributed by atoms with Crippen LogP contribution in [0, 0.1) is 5.82 Å². The van der Waals surface area contributed by atoms with E-state index in [9.17, 15) is 9.18 Å². The molecule has 0 unspecified atom stereocenters. The second kappa shape index (κ2) is 12.3. The summed E-state index contributed by atoms with van der Waals surface area (Å²) in [5.41, 5.74) is 2.70. The number of rotatable bonds is 7. The van der Waals surface area contributed by atoms with Crippen LogP contribution in [0.15, 0.2) is 53.5 Å². The molecule has 0 aliphatic rings. The largest absolute Gasteiger partial charge is 0.352 e. The molecular formula is C20H26FIN4O. The number of carbonyl (C=O) groups is 1. The highest BCUT2D eigenvalue weighted by molar-refractivity contribution is 14.0. The lowest BCUT2D eigenvalue weighted by Gasteiger charge is -2.12. The van der Waals surface area contributed by atoms with Crippen molar-refractivity contribution in [1.29, 1.82) is 0 Å². The van der Waals surface area contributed by atoms with Crippen molar-refractivity contribution < 1.29 is 9.18 Å². The van der Waals surface area contributed by atoms with Gasteiger partial charge in [-0.15, -0.1) is 24.0 Å². The summed E-state index contributed by atoms with van der Waals surface area (Å²) in [6, 6.07) is 14.1. The first kappa shape index (κ1) is 22.9. The molecule has 2 aromatic rings. The normalized spacial score (nSPS) is 10.7. The minimum absolute atomic E-state index is 0. The first-order valence-electron chi connectivity index (χ1n) is 8.68. The van der Waals surface area contributed by atoms with Crippen molar-refractivity contribution in [2.75, 3.05) is 12.4 Å². The monoisotopic (exact) mass is 484 g/mol. The number of halogens is 2. The van der Waals surface area contributed by atoms with Crippen molar-refractivity contribution in [2.24, 2.45) is 4.99 Å². The zero-order valence-electron chi connectivity index (χ0n) is 15.6. The van der Waals surface area contributed by atoms with Crippen LogP contribution in [0.1, 0.15) is 30.9 Å². The van der Waals surface area contributed by atoms with E-state index in [0.29, 0.717) is 25.5 Å². The quantitative estimate of drug-likeness (QED) is 0.316. The summed E-state index contributed by atoms with van der Waals surface area (Å²) >= 11 is 0. The number of hydrogen-bond donors (Lipinski definition) is 3. The first-order valence-corrected chi connectivity index (χ1v) is 8.68. The molecule has 5 nitrogen and oxygen atoms in total. The number of amides is 1. The number of aliphatic imine (C=N–C) groups is 1. The van der Waals surface area contributed by atoms with E-state index in [0.717, 1.165) is 23.2 Å². The second-order valence-electron chi connectivity index (χ2n) is 5.90. The summed E-state index contributed by atoms with van der Waals surface area (Å²) in [7, 11) is 1.69. The summed E-state index contributed by atoms with van der Waals surface area (Å²) in [6.07, 6.45) is 1.35. The highest BCUT2D eigenvalue weighted by Gasteiger charge is 2.02. The van der Waals surface area contributed by atoms with Gasteiger partial charge in [0.25, 0.3) is 0 Å². The number of nitrogens with one attached hydrogen (secondary N) is 3. The van der Waals surface area contributed by atoms with Crippen LogP contribution >= 0.6 is 24.0 Å². The highest BCUT2D eigenvalue weighted by atomic mass is 127. The van der Waals surface area contributed by atoms with Gasteiger partial charge in [0, 0.05) is 32.2 Å². The molecule has 0 aliphatic heterocycles. The van der Waals surface area contributed by atoms with Gasteiger partial charge in [0.05, 0.1) is 0 Å². The molecule has 0 fully saturated rings. The van der Waals surface area contributed by atoms with Gasteiger partial charge in [0.1, 0.15) is 5.82 Å². The van der Waals surface area contributed by atoms with Crippen LogP contribution < -0.4 is 16.0 Å². The maximum Gasteiger partial charge on any atom is 0.224 e. The molecule has 3 N–H and O–H groups in total. The Hall–Kier alpha value is -2.16. The third-order valence-corrected chi connectivity index (χ3v) is 3.75. The number of carbonyl (C=O) groups excluding carboxylic acids is 1. The van der Waals surface area contributed by atoms with Gasteiger partial charge in [-0.3, -0.25) is 9.79 Å². The smallest absolute Gasteiger partial charge is 0.224 e. The van der Waals surface area contributed by atoms with Crippen LogP contribution in [0.5, 0.6) is 0 Å². The van der Waals surface area contributed by atoms with Gasteiger partial charge in [-0.05, 0) is 41.8 Å². The molecule has 2 rings (SSSR count). The average Bonchev–Trinajstić information content (AvgIpc) is 2.63. The van der Waals surface area contributed by atoms with Crippen LogP contribution in [0.4, 0.5) is 10.1 Å². The lowest BCUT2D eigenvalue weighted by atomic mass is 10.2. The Morgan fingerprint density at radius 3 is 2.30 bits per heavy atom. The van der Waals surface area contributed by atoms with Crippen molar-refractivity contribution in [3.05, 3.63) is 65.5 Å². The lowest BCUT2D eigenvalue weighted by Crippen LogP contribution is -2.36. The second-order valence-corrected chi connectivity index (χ2v) is 5.90. The maximum atomic E-state index is 13.2. The predicted molar refractivity (Wildman–Crippen MR) is 119 cm³/mol. The van der Waals surface area contributed by atoms with Crippen LogP contribution in [0.25, 0.3) is 0 Å². The Morgan fingerprint density at radius 2 is 1.70 bits per heavy atom. The van der Waals surface area contributed by atoms with E-state index in [1.54, 1.807) is 13.1 Å². The summed E-state index contributed by atoms with van der Waals surface area (Å²) in [5.74, 6) is 0.410. The molecule has 0 bridgehead atoms. The summed E-state index contributed by atoms with van der Waals surface area (Å²) < 4.78 is 13.2. The van der Waals surface area contributed by atoms with Gasteiger partial charge >= 0.3 is 0 Å². The van der Waals surface area contributed by atoms with Crippen molar-refractivity contribution >= 4 is 41.5 Å². The van der Waals surface area contributed by atoms with Crippen LogP contribution in [0.2, 0.25) is 0 Å². The highest BCUT2D eigenvalue weighted by Crippen LogP contribution is 2.10. The Labute approximate surface area is 176 Å². The van der Waals surface area contributed by atoms with Crippen molar-refractivity contribution in [1.82, 2.24) is 10.6 Å². The zero-order chi connectivity index (χ0) is 18.8. The number of nitrogens with zero attached hydrogens (tertiary/aromatic N) is 1. The van der Waals surface area contributed by atoms with Gasteiger partial charge in [-0.25, -0.2) is 4.39 Å². The molecule has 0 saturated heterocycles.